The van der Waals surface area contributed by atoms with Crippen LogP contribution in [0.5, 0.6) is 0 Å². The Bertz CT molecular complexity index is 1270. The molecule has 0 aliphatic carbocycles. The van der Waals surface area contributed by atoms with Crippen LogP contribution in [0.3, 0.4) is 0 Å². The van der Waals surface area contributed by atoms with Crippen molar-refractivity contribution in [2.45, 2.75) is 59.2 Å². The van der Waals surface area contributed by atoms with Crippen molar-refractivity contribution in [2.24, 2.45) is 19.5 Å². The van der Waals surface area contributed by atoms with Crippen molar-refractivity contribution in [1.29, 1.82) is 0 Å². The van der Waals surface area contributed by atoms with Gasteiger partial charge in [0.15, 0.2) is 11.3 Å². The summed E-state index contributed by atoms with van der Waals surface area (Å²) in [6.07, 6.45) is 2.01. The molecule has 3 fully saturated rings. The Morgan fingerprint density at radius 2 is 1.85 bits per heavy atom. The van der Waals surface area contributed by atoms with Crippen molar-refractivity contribution in [1.82, 2.24) is 28.8 Å². The number of fused-ring (bicyclic) bond motifs is 4. The van der Waals surface area contributed by atoms with Gasteiger partial charge < -0.3 is 9.80 Å². The monoisotopic (exact) mass is 451 g/mol. The lowest BCUT2D eigenvalue weighted by Crippen LogP contribution is -2.64. The average molecular weight is 452 g/mol. The van der Waals surface area contributed by atoms with Gasteiger partial charge in [-0.3, -0.25) is 18.6 Å². The molecular weight excluding hydrogens is 418 g/mol. The fraction of sp³-hybridized carbons (Fsp3) is 0.583. The number of aromatic nitrogens is 5. The number of rotatable bonds is 3. The van der Waals surface area contributed by atoms with E-state index in [2.05, 4.69) is 30.8 Å². The van der Waals surface area contributed by atoms with Crippen LogP contribution >= 0.6 is 0 Å². The highest BCUT2D eigenvalue weighted by Gasteiger charge is 2.42. The van der Waals surface area contributed by atoms with Crippen LogP contribution in [0, 0.1) is 12.3 Å². The standard InChI is InChI=1S/C24H33N7O2/c1-15-11-18(26-28(15)6)22(32)30-13-16-7-8-17(30)12-29(16)20-10-9-19-21(25-20)27(5)23(33)31(19)14-24(2,3)4/h9-11,16-17H,7-8,12-14H2,1-6H3. The van der Waals surface area contributed by atoms with Crippen LogP contribution in [0.2, 0.25) is 0 Å². The molecule has 33 heavy (non-hydrogen) atoms. The van der Waals surface area contributed by atoms with Gasteiger partial charge in [0.2, 0.25) is 0 Å². The molecular formula is C24H33N7O2. The first-order valence-electron chi connectivity index (χ1n) is 11.7. The lowest BCUT2D eigenvalue weighted by Gasteiger charge is -2.51. The molecule has 3 aliphatic heterocycles. The molecule has 0 aromatic carbocycles. The Kier molecular flexibility index (Phi) is 4.91. The number of hydrogen-bond acceptors (Lipinski definition) is 5. The molecule has 1 amide bonds. The lowest BCUT2D eigenvalue weighted by molar-refractivity contribution is 0.0497. The average Bonchev–Trinajstić information content (AvgIpc) is 3.23. The Labute approximate surface area is 193 Å². The maximum atomic E-state index is 13.1. The zero-order valence-corrected chi connectivity index (χ0v) is 20.4. The number of amides is 1. The minimum Gasteiger partial charge on any atom is -0.350 e. The Morgan fingerprint density at radius 1 is 1.12 bits per heavy atom. The molecule has 0 radical (unpaired) electrons. The van der Waals surface area contributed by atoms with Gasteiger partial charge in [-0.1, -0.05) is 20.8 Å². The van der Waals surface area contributed by atoms with Crippen LogP contribution in [0.15, 0.2) is 23.0 Å². The van der Waals surface area contributed by atoms with Crippen LogP contribution in [0.25, 0.3) is 11.2 Å². The summed E-state index contributed by atoms with van der Waals surface area (Å²) in [6, 6.07) is 6.25. The molecule has 9 heteroatoms. The minimum atomic E-state index is -0.0350. The van der Waals surface area contributed by atoms with Gasteiger partial charge >= 0.3 is 5.69 Å². The summed E-state index contributed by atoms with van der Waals surface area (Å²) in [5, 5.41) is 4.39. The summed E-state index contributed by atoms with van der Waals surface area (Å²) in [5.41, 5.74) is 3.02. The van der Waals surface area contributed by atoms with Crippen molar-refractivity contribution in [3.63, 3.8) is 0 Å². The van der Waals surface area contributed by atoms with Gasteiger partial charge in [0.25, 0.3) is 5.91 Å². The van der Waals surface area contributed by atoms with E-state index in [1.807, 2.05) is 41.6 Å². The van der Waals surface area contributed by atoms with Gasteiger partial charge in [0, 0.05) is 51.5 Å². The third kappa shape index (κ3) is 3.63. The van der Waals surface area contributed by atoms with Gasteiger partial charge in [-0.2, -0.15) is 5.10 Å². The number of carbonyl (C=O) groups excluding carboxylic acids is 1. The lowest BCUT2D eigenvalue weighted by atomic mass is 9.90. The molecule has 2 atom stereocenters. The van der Waals surface area contributed by atoms with Gasteiger partial charge in [-0.15, -0.1) is 0 Å². The molecule has 3 aliphatic rings. The molecule has 2 unspecified atom stereocenters. The molecule has 0 N–H and O–H groups in total. The van der Waals surface area contributed by atoms with E-state index in [0.717, 1.165) is 36.4 Å². The summed E-state index contributed by atoms with van der Waals surface area (Å²) in [6.45, 7) is 10.4. The van der Waals surface area contributed by atoms with Gasteiger partial charge in [-0.05, 0) is 43.4 Å². The highest BCUT2D eigenvalue weighted by Crippen LogP contribution is 2.33. The fourth-order valence-electron chi connectivity index (χ4n) is 5.22. The van der Waals surface area contributed by atoms with E-state index in [4.69, 9.17) is 4.98 Å². The largest absolute Gasteiger partial charge is 0.350 e. The molecule has 3 aromatic heterocycles. The van der Waals surface area contributed by atoms with Gasteiger partial charge in [0.05, 0.1) is 5.52 Å². The summed E-state index contributed by atoms with van der Waals surface area (Å²) >= 11 is 0. The number of carbonyl (C=O) groups is 1. The number of aryl methyl sites for hydroxylation is 3. The number of anilines is 1. The number of hydrogen-bond donors (Lipinski definition) is 0. The van der Waals surface area contributed by atoms with Crippen LogP contribution in [-0.2, 0) is 20.6 Å². The quantitative estimate of drug-likeness (QED) is 0.611. The molecule has 2 bridgehead atoms. The topological polar surface area (TPSA) is 81.2 Å². The van der Waals surface area contributed by atoms with Crippen molar-refractivity contribution in [3.8, 4) is 0 Å². The summed E-state index contributed by atoms with van der Waals surface area (Å²) < 4.78 is 5.21. The summed E-state index contributed by atoms with van der Waals surface area (Å²) in [5.74, 6) is 0.889. The first-order valence-corrected chi connectivity index (χ1v) is 11.7. The number of piperazine rings is 1. The van der Waals surface area contributed by atoms with Crippen molar-refractivity contribution in [3.05, 3.63) is 40.1 Å². The zero-order valence-electron chi connectivity index (χ0n) is 20.4. The fourth-order valence-corrected chi connectivity index (χ4v) is 5.22. The first-order chi connectivity index (χ1) is 15.5. The minimum absolute atomic E-state index is 0.00898. The third-order valence-corrected chi connectivity index (χ3v) is 7.02. The van der Waals surface area contributed by atoms with E-state index in [-0.39, 0.29) is 29.1 Å². The second kappa shape index (κ2) is 7.46. The first kappa shape index (κ1) is 21.7. The molecule has 0 saturated carbocycles. The SMILES string of the molecule is Cc1cc(C(=O)N2CC3CCC2CN3c2ccc3c(n2)n(C)c(=O)n3CC(C)(C)C)nn1C. The van der Waals surface area contributed by atoms with Crippen LogP contribution < -0.4 is 10.6 Å². The van der Waals surface area contributed by atoms with Crippen LogP contribution in [-0.4, -0.2) is 59.9 Å². The molecule has 176 valence electrons. The number of imidazole rings is 1. The molecule has 9 nitrogen and oxygen atoms in total. The van der Waals surface area contributed by atoms with E-state index in [1.54, 1.807) is 16.3 Å². The number of piperidine rings is 2. The number of nitrogens with zero attached hydrogens (tertiary/aromatic N) is 7. The second-order valence-corrected chi connectivity index (χ2v) is 10.8. The molecule has 3 aromatic rings. The third-order valence-electron chi connectivity index (χ3n) is 7.02. The van der Waals surface area contributed by atoms with Crippen molar-refractivity contribution < 1.29 is 4.79 Å². The molecule has 0 spiro atoms. The molecule has 3 saturated heterocycles. The summed E-state index contributed by atoms with van der Waals surface area (Å²) in [7, 11) is 3.65. The number of pyridine rings is 1. The smallest absolute Gasteiger partial charge is 0.330 e. The maximum absolute atomic E-state index is 13.1. The van der Waals surface area contributed by atoms with Crippen LogP contribution in [0.4, 0.5) is 5.82 Å². The normalized spacial score (nSPS) is 20.8. The van der Waals surface area contributed by atoms with Crippen LogP contribution in [0.1, 0.15) is 49.8 Å². The summed E-state index contributed by atoms with van der Waals surface area (Å²) in [4.78, 5) is 35.2. The van der Waals surface area contributed by atoms with E-state index in [9.17, 15) is 9.59 Å². The zero-order chi connectivity index (χ0) is 23.7. The predicted octanol–water partition coefficient (Wildman–Crippen LogP) is 2.32. The van der Waals surface area contributed by atoms with Gasteiger partial charge in [-0.25, -0.2) is 9.78 Å². The van der Waals surface area contributed by atoms with E-state index in [1.165, 1.54) is 0 Å². The van der Waals surface area contributed by atoms with E-state index >= 15 is 0 Å². The second-order valence-electron chi connectivity index (χ2n) is 10.8. The highest BCUT2D eigenvalue weighted by molar-refractivity contribution is 5.93. The van der Waals surface area contributed by atoms with Crippen molar-refractivity contribution in [2.75, 3.05) is 18.0 Å². The Hall–Kier alpha value is -3.10. The molecule has 6 heterocycles. The van der Waals surface area contributed by atoms with E-state index < -0.39 is 0 Å². The van der Waals surface area contributed by atoms with Crippen molar-refractivity contribution >= 4 is 22.9 Å². The van der Waals surface area contributed by atoms with E-state index in [0.29, 0.717) is 24.4 Å². The predicted molar refractivity (Wildman–Crippen MR) is 128 cm³/mol. The Balaban J connectivity index is 1.42. The molecule has 6 rings (SSSR count). The van der Waals surface area contributed by atoms with Gasteiger partial charge in [0.1, 0.15) is 5.82 Å². The highest BCUT2D eigenvalue weighted by atomic mass is 16.2. The Morgan fingerprint density at radius 3 is 2.45 bits per heavy atom. The maximum Gasteiger partial charge on any atom is 0.330 e.